The van der Waals surface area contributed by atoms with Crippen molar-refractivity contribution >= 4 is 22.8 Å². The summed E-state index contributed by atoms with van der Waals surface area (Å²) in [5, 5.41) is 14.2. The minimum absolute atomic E-state index is 0.0413. The summed E-state index contributed by atoms with van der Waals surface area (Å²) in [5.74, 6) is -0.761. The van der Waals surface area contributed by atoms with Gasteiger partial charge in [-0.2, -0.15) is 0 Å². The lowest BCUT2D eigenvalue weighted by Gasteiger charge is -2.37. The number of pyridine rings is 1. The summed E-state index contributed by atoms with van der Waals surface area (Å²) in [5.41, 5.74) is 4.13. The highest BCUT2D eigenvalue weighted by Crippen LogP contribution is 2.41. The lowest BCUT2D eigenvalue weighted by molar-refractivity contribution is -0.120. The maximum Gasteiger partial charge on any atom is 0.227 e. The van der Waals surface area contributed by atoms with Gasteiger partial charge in [0.1, 0.15) is 17.1 Å². The van der Waals surface area contributed by atoms with E-state index < -0.39 is 17.7 Å². The first kappa shape index (κ1) is 24.7. The number of rotatable bonds is 4. The molecule has 0 bridgehead atoms. The van der Waals surface area contributed by atoms with Crippen LogP contribution in [0.25, 0.3) is 22.3 Å². The molecule has 1 atom stereocenters. The third-order valence-corrected chi connectivity index (χ3v) is 7.84. The Morgan fingerprint density at radius 3 is 2.55 bits per heavy atom. The molecule has 10 heteroatoms. The second kappa shape index (κ2) is 9.58. The summed E-state index contributed by atoms with van der Waals surface area (Å²) < 4.78 is 35.4. The van der Waals surface area contributed by atoms with Gasteiger partial charge in [0.05, 0.1) is 17.8 Å². The molecule has 1 aromatic carbocycles. The zero-order chi connectivity index (χ0) is 26.6. The maximum atomic E-state index is 14.2. The number of piperidine rings is 1. The van der Waals surface area contributed by atoms with Gasteiger partial charge in [-0.25, -0.2) is 18.7 Å². The van der Waals surface area contributed by atoms with Gasteiger partial charge in [-0.05, 0) is 70.6 Å². The van der Waals surface area contributed by atoms with Crippen LogP contribution in [-0.4, -0.2) is 36.8 Å². The van der Waals surface area contributed by atoms with Gasteiger partial charge in [0.2, 0.25) is 5.91 Å². The molecule has 3 aromatic heterocycles. The van der Waals surface area contributed by atoms with Gasteiger partial charge >= 0.3 is 0 Å². The minimum atomic E-state index is -1.000. The van der Waals surface area contributed by atoms with Crippen LogP contribution in [0.2, 0.25) is 0 Å². The van der Waals surface area contributed by atoms with E-state index in [0.717, 1.165) is 41.8 Å². The molecule has 198 valence electrons. The quantitative estimate of drug-likeness (QED) is 0.369. The molecule has 1 saturated carbocycles. The normalized spacial score (nSPS) is 22.4. The van der Waals surface area contributed by atoms with Crippen molar-refractivity contribution in [1.29, 1.82) is 0 Å². The highest BCUT2D eigenvalue weighted by atomic mass is 19.2. The van der Waals surface area contributed by atoms with Crippen LogP contribution in [0.3, 0.4) is 0 Å². The summed E-state index contributed by atoms with van der Waals surface area (Å²) in [4.78, 5) is 24.6. The molecular weight excluding hydrogens is 492 g/mol. The first-order valence-electron chi connectivity index (χ1n) is 13.1. The predicted octanol–water partition coefficient (Wildman–Crippen LogP) is 5.72. The SMILES string of the molecule is Cc1noc(C)c1-c1cnc2c(c1)nc([C@@H]1CCCC(=O)N1c1ccc(F)c(F)c1)n2C1CCC(O)CC1. The van der Waals surface area contributed by atoms with Crippen LogP contribution < -0.4 is 4.90 Å². The van der Waals surface area contributed by atoms with E-state index in [9.17, 15) is 18.7 Å². The van der Waals surface area contributed by atoms with E-state index in [1.54, 1.807) is 11.1 Å². The molecule has 1 amide bonds. The lowest BCUT2D eigenvalue weighted by atomic mass is 9.92. The first-order valence-corrected chi connectivity index (χ1v) is 13.1. The smallest absolute Gasteiger partial charge is 0.227 e. The fraction of sp³-hybridized carbons (Fsp3) is 0.429. The number of aliphatic hydroxyl groups excluding tert-OH is 1. The van der Waals surface area contributed by atoms with Gasteiger partial charge in [-0.1, -0.05) is 5.16 Å². The average molecular weight is 522 g/mol. The van der Waals surface area contributed by atoms with E-state index in [1.807, 2.05) is 19.9 Å². The molecule has 4 aromatic rings. The van der Waals surface area contributed by atoms with Crippen LogP contribution in [0, 0.1) is 25.5 Å². The number of aryl methyl sites for hydroxylation is 2. The van der Waals surface area contributed by atoms with Crippen LogP contribution in [0.4, 0.5) is 14.5 Å². The number of halogens is 2. The molecule has 1 aliphatic carbocycles. The Hall–Kier alpha value is -3.66. The minimum Gasteiger partial charge on any atom is -0.393 e. The number of aliphatic hydroxyl groups is 1. The summed E-state index contributed by atoms with van der Waals surface area (Å²) >= 11 is 0. The van der Waals surface area contributed by atoms with Crippen LogP contribution >= 0.6 is 0 Å². The van der Waals surface area contributed by atoms with Gasteiger partial charge in [0, 0.05) is 41.5 Å². The van der Waals surface area contributed by atoms with Gasteiger partial charge in [-0.3, -0.25) is 4.79 Å². The molecule has 8 nitrogen and oxygen atoms in total. The molecule has 0 radical (unpaired) electrons. The van der Waals surface area contributed by atoms with Crippen molar-refractivity contribution in [2.75, 3.05) is 4.90 Å². The van der Waals surface area contributed by atoms with E-state index in [2.05, 4.69) is 9.72 Å². The number of carbonyl (C=O) groups is 1. The number of amides is 1. The molecule has 0 unspecified atom stereocenters. The Balaban J connectivity index is 1.51. The fourth-order valence-electron chi connectivity index (χ4n) is 6.02. The van der Waals surface area contributed by atoms with Crippen LogP contribution in [0.1, 0.15) is 74.3 Å². The Morgan fingerprint density at radius 1 is 1.05 bits per heavy atom. The molecule has 1 aliphatic heterocycles. The van der Waals surface area contributed by atoms with E-state index >= 15 is 0 Å². The molecule has 2 aliphatic rings. The summed E-state index contributed by atoms with van der Waals surface area (Å²) in [6, 6.07) is 5.09. The summed E-state index contributed by atoms with van der Waals surface area (Å²) in [7, 11) is 0. The van der Waals surface area contributed by atoms with Crippen LogP contribution in [0.5, 0.6) is 0 Å². The standard InChI is InChI=1S/C28H29F2N5O3/c1-15-26(16(2)38-33-15)17-12-23-27(31-14-17)35(18-6-9-20(36)10-7-18)28(32-23)24-4-3-5-25(37)34(24)19-8-11-21(29)22(30)13-19/h8,11-14,18,20,24,36H,3-7,9-10H2,1-2H3/t18?,20?,24-/m0/s1. The predicted molar refractivity (Wildman–Crippen MR) is 136 cm³/mol. The highest BCUT2D eigenvalue weighted by molar-refractivity contribution is 5.95. The third kappa shape index (κ3) is 4.16. The van der Waals surface area contributed by atoms with Crippen molar-refractivity contribution in [1.82, 2.24) is 19.7 Å². The van der Waals surface area contributed by atoms with Gasteiger partial charge in [0.25, 0.3) is 0 Å². The highest BCUT2D eigenvalue weighted by Gasteiger charge is 2.37. The molecule has 2 fully saturated rings. The number of anilines is 1. The van der Waals surface area contributed by atoms with Crippen molar-refractivity contribution in [3.05, 3.63) is 59.4 Å². The topological polar surface area (TPSA) is 97.3 Å². The van der Waals surface area contributed by atoms with E-state index in [0.29, 0.717) is 60.5 Å². The van der Waals surface area contributed by atoms with Gasteiger partial charge in [0.15, 0.2) is 17.3 Å². The number of hydrogen-bond donors (Lipinski definition) is 1. The number of fused-ring (bicyclic) bond motifs is 1. The van der Waals surface area contributed by atoms with E-state index in [1.165, 1.54) is 6.07 Å². The molecule has 1 N–H and O–H groups in total. The van der Waals surface area contributed by atoms with Gasteiger partial charge in [-0.15, -0.1) is 0 Å². The summed E-state index contributed by atoms with van der Waals surface area (Å²) in [6.45, 7) is 3.73. The second-order valence-corrected chi connectivity index (χ2v) is 10.3. The van der Waals surface area contributed by atoms with E-state index in [-0.39, 0.29) is 18.1 Å². The maximum absolute atomic E-state index is 14.2. The van der Waals surface area contributed by atoms with Crippen molar-refractivity contribution in [2.45, 2.75) is 77.0 Å². The molecular formula is C28H29F2N5O3. The zero-order valence-corrected chi connectivity index (χ0v) is 21.3. The Labute approximate surface area is 218 Å². The number of aromatic nitrogens is 4. The largest absolute Gasteiger partial charge is 0.393 e. The molecule has 0 spiro atoms. The third-order valence-electron chi connectivity index (χ3n) is 7.84. The Morgan fingerprint density at radius 2 is 1.84 bits per heavy atom. The molecule has 1 saturated heterocycles. The van der Waals surface area contributed by atoms with Crippen molar-refractivity contribution in [3.8, 4) is 11.1 Å². The van der Waals surface area contributed by atoms with Crippen molar-refractivity contribution in [3.63, 3.8) is 0 Å². The average Bonchev–Trinajstić information content (AvgIpc) is 3.45. The Bertz CT molecular complexity index is 1500. The van der Waals surface area contributed by atoms with Crippen molar-refractivity contribution < 1.29 is 23.2 Å². The number of benzene rings is 1. The van der Waals surface area contributed by atoms with E-state index in [4.69, 9.17) is 14.5 Å². The van der Waals surface area contributed by atoms with Crippen LogP contribution in [0.15, 0.2) is 35.0 Å². The zero-order valence-electron chi connectivity index (χ0n) is 21.3. The molecule has 38 heavy (non-hydrogen) atoms. The number of carbonyl (C=O) groups excluding carboxylic acids is 1. The summed E-state index contributed by atoms with van der Waals surface area (Å²) in [6.07, 6.45) is 5.88. The molecule has 4 heterocycles. The number of nitrogens with zero attached hydrogens (tertiary/aromatic N) is 5. The van der Waals surface area contributed by atoms with Crippen molar-refractivity contribution in [2.24, 2.45) is 0 Å². The second-order valence-electron chi connectivity index (χ2n) is 10.3. The fourth-order valence-corrected chi connectivity index (χ4v) is 6.02. The van der Waals surface area contributed by atoms with Gasteiger partial charge < -0.3 is 19.1 Å². The molecule has 6 rings (SSSR count). The number of imidazole rings is 1. The number of hydrogen-bond acceptors (Lipinski definition) is 6. The van der Waals surface area contributed by atoms with Crippen LogP contribution in [-0.2, 0) is 4.79 Å². The first-order chi connectivity index (χ1) is 18.3. The Kier molecular flexibility index (Phi) is 6.22. The lowest BCUT2D eigenvalue weighted by Crippen LogP contribution is -2.40. The monoisotopic (exact) mass is 521 g/mol.